The van der Waals surface area contributed by atoms with E-state index in [4.69, 9.17) is 9.47 Å². The highest BCUT2D eigenvalue weighted by atomic mass is 19.4. The Morgan fingerprint density at radius 1 is 0.889 bits per heavy atom. The number of halogens is 6. The third-order valence-corrected chi connectivity index (χ3v) is 5.46. The van der Waals surface area contributed by atoms with Crippen LogP contribution in [0.3, 0.4) is 0 Å². The zero-order valence-electron chi connectivity index (χ0n) is 19.2. The van der Waals surface area contributed by atoms with Gasteiger partial charge in [-0.25, -0.2) is 0 Å². The first-order valence-corrected chi connectivity index (χ1v) is 10.6. The zero-order chi connectivity index (χ0) is 26.7. The first kappa shape index (κ1) is 27.3. The lowest BCUT2D eigenvalue weighted by Gasteiger charge is -2.31. The number of carbonyl (C=O) groups excluding carboxylic acids is 2. The molecule has 0 radical (unpaired) electrons. The number of nitrogens with one attached hydrogen (secondary N) is 1. The van der Waals surface area contributed by atoms with Gasteiger partial charge in [0.1, 0.15) is 0 Å². The fourth-order valence-corrected chi connectivity index (χ4v) is 3.55. The van der Waals surface area contributed by atoms with Gasteiger partial charge >= 0.3 is 12.4 Å². The maximum atomic E-state index is 12.8. The average Bonchev–Trinajstić information content (AvgIpc) is 2.82. The summed E-state index contributed by atoms with van der Waals surface area (Å²) in [5.74, 6) is -0.550. The molecule has 196 valence electrons. The molecule has 1 N–H and O–H groups in total. The van der Waals surface area contributed by atoms with E-state index in [0.29, 0.717) is 24.2 Å². The van der Waals surface area contributed by atoms with Crippen molar-refractivity contribution in [3.8, 4) is 0 Å². The Morgan fingerprint density at radius 3 is 2.03 bits per heavy atom. The number of nitrogens with zero attached hydrogens (tertiary/aromatic N) is 3. The van der Waals surface area contributed by atoms with Crippen LogP contribution >= 0.6 is 0 Å². The van der Waals surface area contributed by atoms with E-state index in [0.717, 1.165) is 24.5 Å². The van der Waals surface area contributed by atoms with Gasteiger partial charge in [0.15, 0.2) is 6.29 Å². The lowest BCUT2D eigenvalue weighted by atomic mass is 10.0. The van der Waals surface area contributed by atoms with E-state index >= 15 is 0 Å². The van der Waals surface area contributed by atoms with Gasteiger partial charge in [0.25, 0.3) is 0 Å². The SMILES string of the molecule is COC(CN1C(=O)CCc2ncc(C(F)(F)F)cc21)OC.O=C1CCc2ncc(C(F)(F)F)cc2N1. The van der Waals surface area contributed by atoms with Gasteiger partial charge in [0.2, 0.25) is 11.8 Å². The van der Waals surface area contributed by atoms with Crippen LogP contribution in [-0.4, -0.2) is 48.8 Å². The molecule has 8 nitrogen and oxygen atoms in total. The third kappa shape index (κ3) is 6.49. The van der Waals surface area contributed by atoms with Crippen LogP contribution in [0.15, 0.2) is 24.5 Å². The van der Waals surface area contributed by atoms with Crippen molar-refractivity contribution in [2.75, 3.05) is 31.0 Å². The van der Waals surface area contributed by atoms with Crippen LogP contribution in [0.2, 0.25) is 0 Å². The predicted molar refractivity (Wildman–Crippen MR) is 114 cm³/mol. The Kier molecular flexibility index (Phi) is 8.19. The highest BCUT2D eigenvalue weighted by molar-refractivity contribution is 5.96. The number of aromatic nitrogens is 2. The molecule has 0 aromatic carbocycles. The average molecular weight is 520 g/mol. The van der Waals surface area contributed by atoms with Gasteiger partial charge < -0.3 is 19.7 Å². The fraction of sp³-hybridized carbons (Fsp3) is 0.455. The van der Waals surface area contributed by atoms with Crippen LogP contribution in [-0.2, 0) is 44.3 Å². The number of hydrogen-bond acceptors (Lipinski definition) is 6. The Morgan fingerprint density at radius 2 is 1.44 bits per heavy atom. The molecule has 0 bridgehead atoms. The summed E-state index contributed by atoms with van der Waals surface area (Å²) in [6, 6.07) is 1.86. The highest BCUT2D eigenvalue weighted by Crippen LogP contribution is 2.35. The minimum absolute atomic E-state index is 0.0157. The molecule has 14 heteroatoms. The summed E-state index contributed by atoms with van der Waals surface area (Å²) in [4.78, 5) is 31.7. The number of alkyl halides is 6. The summed E-state index contributed by atoms with van der Waals surface area (Å²) in [5, 5.41) is 2.37. The molecule has 36 heavy (non-hydrogen) atoms. The molecule has 0 spiro atoms. The van der Waals surface area contributed by atoms with Gasteiger partial charge in [-0.2, -0.15) is 26.3 Å². The Hall–Kier alpha value is -3.26. The first-order chi connectivity index (χ1) is 16.8. The minimum atomic E-state index is -4.50. The molecule has 0 unspecified atom stereocenters. The molecule has 2 aromatic rings. The summed E-state index contributed by atoms with van der Waals surface area (Å²) >= 11 is 0. The van der Waals surface area contributed by atoms with Crippen molar-refractivity contribution < 1.29 is 45.4 Å². The van der Waals surface area contributed by atoms with Crippen molar-refractivity contribution in [2.24, 2.45) is 0 Å². The van der Waals surface area contributed by atoms with E-state index < -0.39 is 29.8 Å². The molecule has 2 aliphatic heterocycles. The number of fused-ring (bicyclic) bond motifs is 2. The first-order valence-electron chi connectivity index (χ1n) is 10.6. The van der Waals surface area contributed by atoms with E-state index in [1.807, 2.05) is 0 Å². The van der Waals surface area contributed by atoms with Crippen LogP contribution < -0.4 is 10.2 Å². The van der Waals surface area contributed by atoms with Gasteiger partial charge in [-0.1, -0.05) is 0 Å². The van der Waals surface area contributed by atoms with Crippen LogP contribution in [0.25, 0.3) is 0 Å². The second-order valence-corrected chi connectivity index (χ2v) is 7.86. The molecule has 2 amide bonds. The predicted octanol–water partition coefficient (Wildman–Crippen LogP) is 3.98. The molecule has 0 saturated carbocycles. The zero-order valence-corrected chi connectivity index (χ0v) is 19.2. The van der Waals surface area contributed by atoms with Crippen molar-refractivity contribution in [1.82, 2.24) is 9.97 Å². The number of amides is 2. The monoisotopic (exact) mass is 520 g/mol. The third-order valence-electron chi connectivity index (χ3n) is 5.46. The number of methoxy groups -OCH3 is 2. The topological polar surface area (TPSA) is 93.6 Å². The van der Waals surface area contributed by atoms with Crippen molar-refractivity contribution in [3.63, 3.8) is 0 Å². The molecule has 4 heterocycles. The quantitative estimate of drug-likeness (QED) is 0.484. The Bertz CT molecular complexity index is 1120. The van der Waals surface area contributed by atoms with Crippen LogP contribution in [0.1, 0.15) is 35.4 Å². The lowest BCUT2D eigenvalue weighted by molar-refractivity contribution is -0.138. The van der Waals surface area contributed by atoms with E-state index in [2.05, 4.69) is 15.3 Å². The van der Waals surface area contributed by atoms with Crippen LogP contribution in [0.5, 0.6) is 0 Å². The summed E-state index contributed by atoms with van der Waals surface area (Å²) in [5.41, 5.74) is -0.423. The number of ether oxygens (including phenoxy) is 2. The minimum Gasteiger partial charge on any atom is -0.354 e. The lowest BCUT2D eigenvalue weighted by Crippen LogP contribution is -2.42. The fourth-order valence-electron chi connectivity index (χ4n) is 3.55. The Labute approximate surface area is 201 Å². The molecule has 0 saturated heterocycles. The van der Waals surface area contributed by atoms with E-state index in [-0.39, 0.29) is 42.6 Å². The molecule has 0 atom stereocenters. The van der Waals surface area contributed by atoms with Crippen LogP contribution in [0.4, 0.5) is 37.7 Å². The number of carbonyl (C=O) groups is 2. The van der Waals surface area contributed by atoms with Gasteiger partial charge in [-0.15, -0.1) is 0 Å². The molecular weight excluding hydrogens is 498 g/mol. The van der Waals surface area contributed by atoms with Gasteiger partial charge in [0, 0.05) is 52.3 Å². The number of rotatable bonds is 4. The maximum Gasteiger partial charge on any atom is 0.417 e. The van der Waals surface area contributed by atoms with Crippen molar-refractivity contribution >= 4 is 23.2 Å². The Balaban J connectivity index is 0.000000212. The molecule has 2 aromatic heterocycles. The van der Waals surface area contributed by atoms with Crippen molar-refractivity contribution in [3.05, 3.63) is 47.0 Å². The molecule has 4 rings (SSSR count). The molecular formula is C22H22F6N4O4. The van der Waals surface area contributed by atoms with E-state index in [9.17, 15) is 35.9 Å². The highest BCUT2D eigenvalue weighted by Gasteiger charge is 2.35. The maximum absolute atomic E-state index is 12.8. The standard InChI is InChI=1S/C13H15F3N2O3.C9H7F3N2O/c1-20-12(21-2)7-18-10-5-8(13(14,15)16)6-17-9(10)3-4-11(18)19;10-9(11,12)5-3-7-6(13-4-5)1-2-8(15)14-7/h5-6,12H,3-4,7H2,1-2H3;3-4H,1-2H2,(H,14,15). The summed E-state index contributed by atoms with van der Waals surface area (Å²) < 4.78 is 85.3. The number of aryl methyl sites for hydroxylation is 2. The second-order valence-electron chi connectivity index (χ2n) is 7.86. The summed E-state index contributed by atoms with van der Waals surface area (Å²) in [6.45, 7) is 0.0157. The van der Waals surface area contributed by atoms with Gasteiger partial charge in [-0.3, -0.25) is 19.6 Å². The molecule has 0 fully saturated rings. The summed E-state index contributed by atoms with van der Waals surface area (Å²) in [6.07, 6.45) is -6.88. The number of pyridine rings is 2. The summed E-state index contributed by atoms with van der Waals surface area (Å²) in [7, 11) is 2.79. The molecule has 2 aliphatic rings. The smallest absolute Gasteiger partial charge is 0.354 e. The number of hydrogen-bond donors (Lipinski definition) is 1. The van der Waals surface area contributed by atoms with Gasteiger partial charge in [-0.05, 0) is 12.1 Å². The van der Waals surface area contributed by atoms with E-state index in [1.54, 1.807) is 0 Å². The van der Waals surface area contributed by atoms with Crippen LogP contribution in [0, 0.1) is 0 Å². The van der Waals surface area contributed by atoms with Crippen molar-refractivity contribution in [2.45, 2.75) is 44.3 Å². The normalized spacial score (nSPS) is 15.6. The van der Waals surface area contributed by atoms with Gasteiger partial charge in [0.05, 0.1) is 40.4 Å². The van der Waals surface area contributed by atoms with E-state index in [1.165, 1.54) is 19.1 Å². The van der Waals surface area contributed by atoms with Crippen molar-refractivity contribution in [1.29, 1.82) is 0 Å². The largest absolute Gasteiger partial charge is 0.417 e. The second kappa shape index (κ2) is 10.8. The molecule has 0 aliphatic carbocycles. The number of anilines is 2.